The molecule has 1 aromatic rings. The quantitative estimate of drug-likeness (QED) is 0.773. The SMILES string of the molecule is Cc1c(N)cc(Br)cc1C(=O)N1CC[C@@H](O)C1. The van der Waals surface area contributed by atoms with Crippen molar-refractivity contribution in [1.29, 1.82) is 0 Å². The summed E-state index contributed by atoms with van der Waals surface area (Å²) in [6, 6.07) is 3.56. The number of hydrogen-bond acceptors (Lipinski definition) is 3. The molecule has 1 aliphatic heterocycles. The number of benzene rings is 1. The average molecular weight is 299 g/mol. The van der Waals surface area contributed by atoms with Gasteiger partial charge in [0, 0.05) is 28.8 Å². The first-order valence-corrected chi connectivity index (χ1v) is 6.31. The molecule has 1 atom stereocenters. The predicted molar refractivity (Wildman–Crippen MR) is 69.8 cm³/mol. The lowest BCUT2D eigenvalue weighted by atomic mass is 10.1. The topological polar surface area (TPSA) is 66.6 Å². The van der Waals surface area contributed by atoms with Crippen LogP contribution in [-0.2, 0) is 0 Å². The molecule has 5 heteroatoms. The number of nitrogens with two attached hydrogens (primary N) is 1. The van der Waals surface area contributed by atoms with Crippen LogP contribution in [0.25, 0.3) is 0 Å². The van der Waals surface area contributed by atoms with Gasteiger partial charge in [-0.3, -0.25) is 4.79 Å². The van der Waals surface area contributed by atoms with E-state index in [4.69, 9.17) is 5.73 Å². The molecule has 0 spiro atoms. The summed E-state index contributed by atoms with van der Waals surface area (Å²) in [5.74, 6) is -0.0629. The molecule has 17 heavy (non-hydrogen) atoms. The number of rotatable bonds is 1. The fourth-order valence-corrected chi connectivity index (χ4v) is 2.49. The molecule has 1 saturated heterocycles. The smallest absolute Gasteiger partial charge is 0.254 e. The first kappa shape index (κ1) is 12.4. The van der Waals surface area contributed by atoms with E-state index in [1.165, 1.54) is 0 Å². The molecule has 1 aliphatic rings. The van der Waals surface area contributed by atoms with E-state index in [9.17, 15) is 9.90 Å². The molecule has 0 aromatic heterocycles. The van der Waals surface area contributed by atoms with Crippen molar-refractivity contribution in [3.8, 4) is 0 Å². The Balaban J connectivity index is 2.31. The second-order valence-electron chi connectivity index (χ2n) is 4.36. The third-order valence-electron chi connectivity index (χ3n) is 3.09. The van der Waals surface area contributed by atoms with Gasteiger partial charge in [0.05, 0.1) is 6.10 Å². The molecule has 0 aliphatic carbocycles. The minimum Gasteiger partial charge on any atom is -0.398 e. The lowest BCUT2D eigenvalue weighted by Gasteiger charge is -2.18. The Bertz CT molecular complexity index is 462. The maximum absolute atomic E-state index is 12.3. The monoisotopic (exact) mass is 298 g/mol. The molecule has 92 valence electrons. The first-order valence-electron chi connectivity index (χ1n) is 5.52. The molecular weight excluding hydrogens is 284 g/mol. The van der Waals surface area contributed by atoms with E-state index in [-0.39, 0.29) is 5.91 Å². The molecule has 1 fully saturated rings. The lowest BCUT2D eigenvalue weighted by Crippen LogP contribution is -2.30. The minimum absolute atomic E-state index is 0.0629. The van der Waals surface area contributed by atoms with E-state index in [0.717, 1.165) is 10.0 Å². The number of carbonyl (C=O) groups is 1. The van der Waals surface area contributed by atoms with Gasteiger partial charge >= 0.3 is 0 Å². The summed E-state index contributed by atoms with van der Waals surface area (Å²) in [5, 5.41) is 9.45. The molecule has 0 unspecified atom stereocenters. The van der Waals surface area contributed by atoms with Crippen molar-refractivity contribution in [3.05, 3.63) is 27.7 Å². The molecule has 3 N–H and O–H groups in total. The van der Waals surface area contributed by atoms with Gasteiger partial charge in [0.15, 0.2) is 0 Å². The second kappa shape index (κ2) is 4.66. The Kier molecular flexibility index (Phi) is 3.40. The highest BCUT2D eigenvalue weighted by Gasteiger charge is 2.26. The van der Waals surface area contributed by atoms with Crippen LogP contribution in [0.15, 0.2) is 16.6 Å². The molecule has 0 bridgehead atoms. The van der Waals surface area contributed by atoms with Crippen molar-refractivity contribution in [3.63, 3.8) is 0 Å². The molecular formula is C12H15BrN2O2. The largest absolute Gasteiger partial charge is 0.398 e. The second-order valence-corrected chi connectivity index (χ2v) is 5.28. The zero-order valence-corrected chi connectivity index (χ0v) is 11.2. The van der Waals surface area contributed by atoms with Gasteiger partial charge in [0.1, 0.15) is 0 Å². The van der Waals surface area contributed by atoms with Crippen molar-refractivity contribution in [2.45, 2.75) is 19.4 Å². The number of hydrogen-bond donors (Lipinski definition) is 2. The van der Waals surface area contributed by atoms with E-state index < -0.39 is 6.10 Å². The summed E-state index contributed by atoms with van der Waals surface area (Å²) >= 11 is 3.34. The van der Waals surface area contributed by atoms with Crippen molar-refractivity contribution < 1.29 is 9.90 Å². The van der Waals surface area contributed by atoms with Crippen LogP contribution in [0.1, 0.15) is 22.3 Å². The zero-order valence-electron chi connectivity index (χ0n) is 9.61. The Morgan fingerprint density at radius 3 is 2.88 bits per heavy atom. The number of anilines is 1. The summed E-state index contributed by atoms with van der Waals surface area (Å²) in [6.07, 6.45) is 0.248. The fourth-order valence-electron chi connectivity index (χ4n) is 2.02. The number of nitrogen functional groups attached to an aromatic ring is 1. The van der Waals surface area contributed by atoms with Gasteiger partial charge in [-0.25, -0.2) is 0 Å². The number of aliphatic hydroxyl groups is 1. The molecule has 4 nitrogen and oxygen atoms in total. The number of amides is 1. The van der Waals surface area contributed by atoms with Crippen molar-refractivity contribution >= 4 is 27.5 Å². The van der Waals surface area contributed by atoms with Gasteiger partial charge in [-0.2, -0.15) is 0 Å². The standard InChI is InChI=1S/C12H15BrN2O2/c1-7-10(4-8(13)5-11(7)14)12(17)15-3-2-9(16)6-15/h4-5,9,16H,2-3,6,14H2,1H3/t9-/m1/s1. The highest BCUT2D eigenvalue weighted by Crippen LogP contribution is 2.25. The molecule has 1 aromatic carbocycles. The fraction of sp³-hybridized carbons (Fsp3) is 0.417. The van der Waals surface area contributed by atoms with Crippen LogP contribution >= 0.6 is 15.9 Å². The number of carbonyl (C=O) groups excluding carboxylic acids is 1. The van der Waals surface area contributed by atoms with Crippen molar-refractivity contribution in [2.75, 3.05) is 18.8 Å². The van der Waals surface area contributed by atoms with Crippen molar-refractivity contribution in [1.82, 2.24) is 4.90 Å². The van der Waals surface area contributed by atoms with E-state index in [0.29, 0.717) is 30.8 Å². The van der Waals surface area contributed by atoms with Crippen LogP contribution in [0.5, 0.6) is 0 Å². The number of aliphatic hydroxyl groups excluding tert-OH is 1. The molecule has 0 radical (unpaired) electrons. The number of β-amino-alcohol motifs (C(OH)–C–C–N with tert-alkyl or cyclic N) is 1. The van der Waals surface area contributed by atoms with Gasteiger partial charge < -0.3 is 15.7 Å². The van der Waals surface area contributed by atoms with E-state index >= 15 is 0 Å². The molecule has 1 amide bonds. The maximum atomic E-state index is 12.3. The van der Waals surface area contributed by atoms with Gasteiger partial charge in [-0.05, 0) is 31.0 Å². The number of likely N-dealkylation sites (tertiary alicyclic amines) is 1. The minimum atomic E-state index is -0.399. The van der Waals surface area contributed by atoms with Crippen LogP contribution in [-0.4, -0.2) is 35.1 Å². The zero-order chi connectivity index (χ0) is 12.6. The highest BCUT2D eigenvalue weighted by atomic mass is 79.9. The Labute approximate surface area is 109 Å². The van der Waals surface area contributed by atoms with E-state index in [1.54, 1.807) is 17.0 Å². The first-order chi connectivity index (χ1) is 7.99. The van der Waals surface area contributed by atoms with Crippen molar-refractivity contribution in [2.24, 2.45) is 0 Å². The van der Waals surface area contributed by atoms with Crippen LogP contribution in [0.2, 0.25) is 0 Å². The Hall–Kier alpha value is -1.07. The summed E-state index contributed by atoms with van der Waals surface area (Å²) in [5.41, 5.74) is 7.83. The molecule has 0 saturated carbocycles. The summed E-state index contributed by atoms with van der Waals surface area (Å²) in [7, 11) is 0. The number of nitrogens with zero attached hydrogens (tertiary/aromatic N) is 1. The van der Waals surface area contributed by atoms with Crippen LogP contribution in [0.3, 0.4) is 0 Å². The molecule has 1 heterocycles. The highest BCUT2D eigenvalue weighted by molar-refractivity contribution is 9.10. The summed E-state index contributed by atoms with van der Waals surface area (Å²) in [4.78, 5) is 13.9. The summed E-state index contributed by atoms with van der Waals surface area (Å²) in [6.45, 7) is 2.85. The normalized spacial score (nSPS) is 19.7. The average Bonchev–Trinajstić information content (AvgIpc) is 2.69. The van der Waals surface area contributed by atoms with E-state index in [2.05, 4.69) is 15.9 Å². The predicted octanol–water partition coefficient (Wildman–Crippen LogP) is 1.55. The third-order valence-corrected chi connectivity index (χ3v) is 3.55. The Morgan fingerprint density at radius 1 is 1.59 bits per heavy atom. The van der Waals surface area contributed by atoms with Crippen LogP contribution in [0, 0.1) is 6.92 Å². The van der Waals surface area contributed by atoms with Gasteiger partial charge in [0.2, 0.25) is 0 Å². The third kappa shape index (κ3) is 2.45. The van der Waals surface area contributed by atoms with Gasteiger partial charge in [-0.1, -0.05) is 15.9 Å². The van der Waals surface area contributed by atoms with Crippen LogP contribution < -0.4 is 5.73 Å². The lowest BCUT2D eigenvalue weighted by molar-refractivity contribution is 0.0764. The number of halogens is 1. The van der Waals surface area contributed by atoms with Gasteiger partial charge in [-0.15, -0.1) is 0 Å². The maximum Gasteiger partial charge on any atom is 0.254 e. The Morgan fingerprint density at radius 2 is 2.29 bits per heavy atom. The van der Waals surface area contributed by atoms with Gasteiger partial charge in [0.25, 0.3) is 5.91 Å². The van der Waals surface area contributed by atoms with Crippen LogP contribution in [0.4, 0.5) is 5.69 Å². The molecule has 2 rings (SSSR count). The summed E-state index contributed by atoms with van der Waals surface area (Å²) < 4.78 is 0.795. The van der Waals surface area contributed by atoms with E-state index in [1.807, 2.05) is 6.92 Å².